The predicted molar refractivity (Wildman–Crippen MR) is 113 cm³/mol. The predicted octanol–water partition coefficient (Wildman–Crippen LogP) is 4.00. The normalized spacial score (nSPS) is 11.2. The topological polar surface area (TPSA) is 65.5 Å². The molecule has 0 heterocycles. The average molecular weight is 407 g/mol. The van der Waals surface area contributed by atoms with Gasteiger partial charge < -0.3 is 16.0 Å². The molecule has 0 bridgehead atoms. The summed E-state index contributed by atoms with van der Waals surface area (Å²) < 4.78 is 0. The average Bonchev–Trinajstić information content (AvgIpc) is 2.65. The van der Waals surface area contributed by atoms with E-state index < -0.39 is 0 Å². The fourth-order valence-electron chi connectivity index (χ4n) is 2.43. The molecule has 0 unspecified atom stereocenters. The maximum Gasteiger partial charge on any atom is 0.251 e. The fraction of sp³-hybridized carbons (Fsp3) is 0.300. The van der Waals surface area contributed by atoms with Gasteiger partial charge in [-0.15, -0.1) is 0 Å². The summed E-state index contributed by atoms with van der Waals surface area (Å²) in [5.41, 5.74) is 2.53. The summed E-state index contributed by atoms with van der Waals surface area (Å²) in [4.78, 5) is 16.5. The van der Waals surface area contributed by atoms with Crippen molar-refractivity contribution in [3.05, 3.63) is 69.2 Å². The SMILES string of the molecule is CCNC(=O)c1cccc(CN=C(NCC)NCc2ccc(Cl)cc2Cl)c1. The van der Waals surface area contributed by atoms with E-state index in [1.807, 2.05) is 38.1 Å². The van der Waals surface area contributed by atoms with Gasteiger partial charge in [0, 0.05) is 35.2 Å². The number of nitrogens with zero attached hydrogens (tertiary/aromatic N) is 1. The van der Waals surface area contributed by atoms with Gasteiger partial charge in [-0.3, -0.25) is 4.79 Å². The minimum Gasteiger partial charge on any atom is -0.357 e. The van der Waals surface area contributed by atoms with Crippen molar-refractivity contribution >= 4 is 35.1 Å². The largest absolute Gasteiger partial charge is 0.357 e. The molecule has 0 aliphatic rings. The van der Waals surface area contributed by atoms with Gasteiger partial charge in [0.05, 0.1) is 6.54 Å². The van der Waals surface area contributed by atoms with Crippen molar-refractivity contribution in [1.29, 1.82) is 0 Å². The van der Waals surface area contributed by atoms with Crippen molar-refractivity contribution in [2.45, 2.75) is 26.9 Å². The number of hydrogen-bond acceptors (Lipinski definition) is 2. The molecule has 0 fully saturated rings. The number of benzene rings is 2. The van der Waals surface area contributed by atoms with Crippen LogP contribution < -0.4 is 16.0 Å². The fourth-order valence-corrected chi connectivity index (χ4v) is 2.90. The Morgan fingerprint density at radius 2 is 1.78 bits per heavy atom. The van der Waals surface area contributed by atoms with Gasteiger partial charge in [0.25, 0.3) is 5.91 Å². The van der Waals surface area contributed by atoms with Crippen LogP contribution in [-0.4, -0.2) is 25.0 Å². The van der Waals surface area contributed by atoms with Crippen LogP contribution in [0, 0.1) is 0 Å². The van der Waals surface area contributed by atoms with Crippen LogP contribution in [0.5, 0.6) is 0 Å². The first-order valence-corrected chi connectivity index (χ1v) is 9.62. The molecule has 0 aromatic heterocycles. The van der Waals surface area contributed by atoms with Crippen LogP contribution in [0.3, 0.4) is 0 Å². The zero-order valence-corrected chi connectivity index (χ0v) is 17.0. The van der Waals surface area contributed by atoms with Gasteiger partial charge in [-0.1, -0.05) is 41.4 Å². The van der Waals surface area contributed by atoms with Gasteiger partial charge in [-0.25, -0.2) is 4.99 Å². The molecule has 0 atom stereocenters. The Bertz CT molecular complexity index is 808. The van der Waals surface area contributed by atoms with Crippen LogP contribution in [0.2, 0.25) is 10.0 Å². The number of carbonyl (C=O) groups is 1. The van der Waals surface area contributed by atoms with Crippen molar-refractivity contribution < 1.29 is 4.79 Å². The Balaban J connectivity index is 2.04. The molecule has 2 aromatic carbocycles. The third-order valence-corrected chi connectivity index (χ3v) is 4.34. The molecule has 144 valence electrons. The Kier molecular flexibility index (Phi) is 8.43. The summed E-state index contributed by atoms with van der Waals surface area (Å²) in [5.74, 6) is 0.595. The molecule has 5 nitrogen and oxygen atoms in total. The summed E-state index contributed by atoms with van der Waals surface area (Å²) in [6, 6.07) is 12.9. The summed E-state index contributed by atoms with van der Waals surface area (Å²) >= 11 is 12.1. The Morgan fingerprint density at radius 3 is 2.48 bits per heavy atom. The van der Waals surface area contributed by atoms with Crippen LogP contribution in [0.25, 0.3) is 0 Å². The van der Waals surface area contributed by atoms with Gasteiger partial charge >= 0.3 is 0 Å². The molecule has 3 N–H and O–H groups in total. The van der Waals surface area contributed by atoms with Crippen molar-refractivity contribution in [3.63, 3.8) is 0 Å². The lowest BCUT2D eigenvalue weighted by Gasteiger charge is -2.12. The first-order valence-electron chi connectivity index (χ1n) is 8.86. The number of halogens is 2. The number of aliphatic imine (C=N–C) groups is 1. The van der Waals surface area contributed by atoms with Crippen molar-refractivity contribution in [3.8, 4) is 0 Å². The first kappa shape index (κ1) is 21.1. The number of guanidine groups is 1. The maximum absolute atomic E-state index is 12.0. The maximum atomic E-state index is 12.0. The van der Waals surface area contributed by atoms with Gasteiger partial charge in [0.1, 0.15) is 0 Å². The minimum absolute atomic E-state index is 0.0780. The van der Waals surface area contributed by atoms with Crippen LogP contribution >= 0.6 is 23.2 Å². The molecule has 0 spiro atoms. The molecule has 27 heavy (non-hydrogen) atoms. The lowest BCUT2D eigenvalue weighted by molar-refractivity contribution is 0.0955. The van der Waals surface area contributed by atoms with E-state index in [4.69, 9.17) is 23.2 Å². The van der Waals surface area contributed by atoms with E-state index in [2.05, 4.69) is 20.9 Å². The van der Waals surface area contributed by atoms with E-state index in [9.17, 15) is 4.79 Å². The molecule has 0 radical (unpaired) electrons. The third-order valence-electron chi connectivity index (χ3n) is 3.75. The lowest BCUT2D eigenvalue weighted by atomic mass is 10.1. The molecule has 0 aliphatic heterocycles. The molecule has 0 aliphatic carbocycles. The molecule has 1 amide bonds. The number of nitrogens with one attached hydrogen (secondary N) is 3. The summed E-state index contributed by atoms with van der Waals surface area (Å²) in [7, 11) is 0. The van der Waals surface area contributed by atoms with Gasteiger partial charge in [0.15, 0.2) is 5.96 Å². The number of hydrogen-bond donors (Lipinski definition) is 3. The van der Waals surface area contributed by atoms with Crippen LogP contribution in [0.1, 0.15) is 35.3 Å². The van der Waals surface area contributed by atoms with E-state index in [0.717, 1.165) is 17.7 Å². The van der Waals surface area contributed by atoms with E-state index in [0.29, 0.717) is 41.2 Å². The van der Waals surface area contributed by atoms with E-state index in [-0.39, 0.29) is 5.91 Å². The lowest BCUT2D eigenvalue weighted by Crippen LogP contribution is -2.36. The smallest absolute Gasteiger partial charge is 0.251 e. The molecular formula is C20H24Cl2N4O. The van der Waals surface area contributed by atoms with Crippen LogP contribution in [-0.2, 0) is 13.1 Å². The standard InChI is InChI=1S/C20H24Cl2N4O/c1-3-23-19(27)15-7-5-6-14(10-15)12-25-20(24-4-2)26-13-16-8-9-17(21)11-18(16)22/h5-11H,3-4,12-13H2,1-2H3,(H,23,27)(H2,24,25,26). The Labute approximate surface area is 170 Å². The highest BCUT2D eigenvalue weighted by atomic mass is 35.5. The number of carbonyl (C=O) groups excluding carboxylic acids is 1. The minimum atomic E-state index is -0.0780. The monoisotopic (exact) mass is 406 g/mol. The first-order chi connectivity index (χ1) is 13.0. The highest BCUT2D eigenvalue weighted by Gasteiger charge is 2.06. The molecule has 0 saturated heterocycles. The summed E-state index contributed by atoms with van der Waals surface area (Å²) in [6.07, 6.45) is 0. The van der Waals surface area contributed by atoms with E-state index >= 15 is 0 Å². The van der Waals surface area contributed by atoms with E-state index in [1.165, 1.54) is 0 Å². The molecule has 2 rings (SSSR count). The van der Waals surface area contributed by atoms with Crippen molar-refractivity contribution in [2.24, 2.45) is 4.99 Å². The second kappa shape index (κ2) is 10.8. The van der Waals surface area contributed by atoms with Crippen LogP contribution in [0.4, 0.5) is 0 Å². The third kappa shape index (κ3) is 6.77. The van der Waals surface area contributed by atoms with Crippen molar-refractivity contribution in [2.75, 3.05) is 13.1 Å². The summed E-state index contributed by atoms with van der Waals surface area (Å²) in [5, 5.41) is 10.5. The number of rotatable bonds is 7. The molecule has 0 saturated carbocycles. The number of amides is 1. The molecular weight excluding hydrogens is 383 g/mol. The molecule has 2 aromatic rings. The summed E-state index contributed by atoms with van der Waals surface area (Å²) in [6.45, 7) is 6.22. The van der Waals surface area contributed by atoms with Crippen molar-refractivity contribution in [1.82, 2.24) is 16.0 Å². The highest BCUT2D eigenvalue weighted by Crippen LogP contribution is 2.20. The van der Waals surface area contributed by atoms with Gasteiger partial charge in [-0.05, 0) is 49.2 Å². The van der Waals surface area contributed by atoms with E-state index in [1.54, 1.807) is 18.2 Å². The zero-order chi connectivity index (χ0) is 19.6. The second-order valence-corrected chi connectivity index (χ2v) is 6.69. The van der Waals surface area contributed by atoms with Crippen LogP contribution in [0.15, 0.2) is 47.5 Å². The Hall–Kier alpha value is -2.24. The zero-order valence-electron chi connectivity index (χ0n) is 15.5. The Morgan fingerprint density at radius 1 is 1.00 bits per heavy atom. The van der Waals surface area contributed by atoms with Gasteiger partial charge in [0.2, 0.25) is 0 Å². The second-order valence-electron chi connectivity index (χ2n) is 5.84. The highest BCUT2D eigenvalue weighted by molar-refractivity contribution is 6.35. The van der Waals surface area contributed by atoms with Gasteiger partial charge in [-0.2, -0.15) is 0 Å². The molecule has 7 heteroatoms. The quantitative estimate of drug-likeness (QED) is 0.480.